The standard InChI is InChI=1S/C18H22N4O2/c1-11-9-21(4)14-7-5-6-8-15(14)22(10-11)18(24)16-12(2)13(3)19-20-17(16)23/h5-8,11H,9-10H2,1-4H3,(H,20,23). The first-order valence-corrected chi connectivity index (χ1v) is 8.08. The van der Waals surface area contributed by atoms with Gasteiger partial charge in [0.25, 0.3) is 11.5 Å². The number of carbonyl (C=O) groups is 1. The minimum Gasteiger partial charge on any atom is -0.373 e. The Kier molecular flexibility index (Phi) is 4.13. The third-order valence-corrected chi connectivity index (χ3v) is 4.59. The first-order chi connectivity index (χ1) is 11.4. The molecule has 0 saturated carbocycles. The minimum atomic E-state index is -0.439. The Balaban J connectivity index is 2.14. The fraction of sp³-hybridized carbons (Fsp3) is 0.389. The van der Waals surface area contributed by atoms with Gasteiger partial charge in [0.2, 0.25) is 0 Å². The fourth-order valence-electron chi connectivity index (χ4n) is 3.26. The van der Waals surface area contributed by atoms with Crippen molar-refractivity contribution in [3.05, 3.63) is 51.4 Å². The van der Waals surface area contributed by atoms with Crippen molar-refractivity contribution in [2.75, 3.05) is 29.9 Å². The molecule has 0 bridgehead atoms. The Morgan fingerprint density at radius 3 is 2.58 bits per heavy atom. The molecular formula is C18H22N4O2. The van der Waals surface area contributed by atoms with E-state index in [0.29, 0.717) is 17.8 Å². The molecule has 0 spiro atoms. The number of nitrogens with one attached hydrogen (secondary N) is 1. The first-order valence-electron chi connectivity index (χ1n) is 8.08. The zero-order valence-corrected chi connectivity index (χ0v) is 14.5. The second-order valence-electron chi connectivity index (χ2n) is 6.53. The molecule has 0 saturated heterocycles. The van der Waals surface area contributed by atoms with Crippen LogP contribution in [0.4, 0.5) is 11.4 Å². The lowest BCUT2D eigenvalue weighted by Crippen LogP contribution is -2.38. The molecule has 126 valence electrons. The van der Waals surface area contributed by atoms with Gasteiger partial charge in [0.15, 0.2) is 0 Å². The van der Waals surface area contributed by atoms with Gasteiger partial charge in [-0.3, -0.25) is 9.59 Å². The van der Waals surface area contributed by atoms with Gasteiger partial charge in [-0.15, -0.1) is 0 Å². The van der Waals surface area contributed by atoms with Crippen molar-refractivity contribution in [3.8, 4) is 0 Å². The third kappa shape index (κ3) is 2.68. The molecule has 24 heavy (non-hydrogen) atoms. The van der Waals surface area contributed by atoms with Crippen LogP contribution in [0.3, 0.4) is 0 Å². The molecule has 6 heteroatoms. The van der Waals surface area contributed by atoms with Crippen LogP contribution >= 0.6 is 0 Å². The van der Waals surface area contributed by atoms with Gasteiger partial charge in [-0.05, 0) is 37.5 Å². The van der Waals surface area contributed by atoms with Crippen molar-refractivity contribution >= 4 is 17.3 Å². The molecule has 0 radical (unpaired) electrons. The van der Waals surface area contributed by atoms with E-state index in [0.717, 1.165) is 17.9 Å². The molecule has 0 fully saturated rings. The lowest BCUT2D eigenvalue weighted by atomic mass is 10.1. The average molecular weight is 326 g/mol. The number of aromatic amines is 1. The zero-order valence-electron chi connectivity index (χ0n) is 14.5. The van der Waals surface area contributed by atoms with Gasteiger partial charge in [-0.2, -0.15) is 5.10 Å². The molecule has 6 nitrogen and oxygen atoms in total. The predicted molar refractivity (Wildman–Crippen MR) is 94.9 cm³/mol. The van der Waals surface area contributed by atoms with Crippen molar-refractivity contribution in [1.82, 2.24) is 10.2 Å². The van der Waals surface area contributed by atoms with Crippen LogP contribution in [0.25, 0.3) is 0 Å². The maximum Gasteiger partial charge on any atom is 0.277 e. The lowest BCUT2D eigenvalue weighted by molar-refractivity contribution is 0.0982. The number of fused-ring (bicyclic) bond motifs is 1. The summed E-state index contributed by atoms with van der Waals surface area (Å²) in [7, 11) is 2.03. The van der Waals surface area contributed by atoms with E-state index in [4.69, 9.17) is 0 Å². The summed E-state index contributed by atoms with van der Waals surface area (Å²) in [6, 6.07) is 7.81. The van der Waals surface area contributed by atoms with Crippen LogP contribution in [0.2, 0.25) is 0 Å². The molecule has 1 atom stereocenters. The Hall–Kier alpha value is -2.63. The summed E-state index contributed by atoms with van der Waals surface area (Å²) >= 11 is 0. The van der Waals surface area contributed by atoms with Crippen LogP contribution in [-0.2, 0) is 0 Å². The van der Waals surface area contributed by atoms with Gasteiger partial charge in [-0.1, -0.05) is 19.1 Å². The Bertz CT molecular complexity index is 843. The number of carbonyl (C=O) groups excluding carboxylic acids is 1. The molecule has 2 heterocycles. The van der Waals surface area contributed by atoms with Crippen molar-refractivity contribution < 1.29 is 4.79 Å². The van der Waals surface area contributed by atoms with Crippen LogP contribution in [0.5, 0.6) is 0 Å². The summed E-state index contributed by atoms with van der Waals surface area (Å²) in [6.07, 6.45) is 0. The van der Waals surface area contributed by atoms with Gasteiger partial charge in [0.05, 0.1) is 17.1 Å². The molecule has 1 aromatic carbocycles. The molecule has 2 aromatic rings. The molecule has 1 aromatic heterocycles. The number of H-pyrrole nitrogens is 1. The topological polar surface area (TPSA) is 69.3 Å². The highest BCUT2D eigenvalue weighted by atomic mass is 16.2. The van der Waals surface area contributed by atoms with E-state index in [2.05, 4.69) is 22.0 Å². The zero-order chi connectivity index (χ0) is 17.4. The molecule has 1 aliphatic rings. The molecule has 1 unspecified atom stereocenters. The first kappa shape index (κ1) is 16.2. The number of anilines is 2. The number of rotatable bonds is 1. The number of para-hydroxylation sites is 2. The number of aryl methyl sites for hydroxylation is 1. The van der Waals surface area contributed by atoms with E-state index in [1.165, 1.54) is 0 Å². The number of aromatic nitrogens is 2. The predicted octanol–water partition coefficient (Wildman–Crippen LogP) is 2.12. The summed E-state index contributed by atoms with van der Waals surface area (Å²) in [5.74, 6) is 0.0162. The average Bonchev–Trinajstić information content (AvgIpc) is 2.68. The quantitative estimate of drug-likeness (QED) is 0.871. The van der Waals surface area contributed by atoms with E-state index < -0.39 is 5.56 Å². The van der Waals surface area contributed by atoms with E-state index in [9.17, 15) is 9.59 Å². The largest absolute Gasteiger partial charge is 0.373 e. The number of hydrogen-bond donors (Lipinski definition) is 1. The second kappa shape index (κ2) is 6.11. The van der Waals surface area contributed by atoms with Crippen LogP contribution in [0, 0.1) is 19.8 Å². The van der Waals surface area contributed by atoms with Crippen LogP contribution in [0.15, 0.2) is 29.1 Å². The summed E-state index contributed by atoms with van der Waals surface area (Å²) in [5, 5.41) is 6.36. The normalized spacial score (nSPS) is 17.4. The highest BCUT2D eigenvalue weighted by Crippen LogP contribution is 2.33. The third-order valence-electron chi connectivity index (χ3n) is 4.59. The summed E-state index contributed by atoms with van der Waals surface area (Å²) in [6.45, 7) is 7.09. The molecular weight excluding hydrogens is 304 g/mol. The highest BCUT2D eigenvalue weighted by molar-refractivity contribution is 6.08. The number of hydrogen-bond acceptors (Lipinski definition) is 4. The fourth-order valence-corrected chi connectivity index (χ4v) is 3.26. The van der Waals surface area contributed by atoms with E-state index >= 15 is 0 Å². The minimum absolute atomic E-state index is 0.175. The lowest BCUT2D eigenvalue weighted by Gasteiger charge is -2.25. The molecule has 0 aliphatic carbocycles. The molecule has 1 N–H and O–H groups in total. The number of amides is 1. The smallest absolute Gasteiger partial charge is 0.277 e. The number of nitrogens with zero attached hydrogens (tertiary/aromatic N) is 3. The molecule has 3 rings (SSSR count). The van der Waals surface area contributed by atoms with Crippen molar-refractivity contribution in [1.29, 1.82) is 0 Å². The van der Waals surface area contributed by atoms with Crippen LogP contribution in [-0.4, -0.2) is 36.2 Å². The van der Waals surface area contributed by atoms with Gasteiger partial charge in [0.1, 0.15) is 5.56 Å². The van der Waals surface area contributed by atoms with Crippen LogP contribution in [0.1, 0.15) is 28.5 Å². The maximum absolute atomic E-state index is 13.2. The van der Waals surface area contributed by atoms with Gasteiger partial charge in [0, 0.05) is 20.1 Å². The molecule has 1 amide bonds. The Labute approximate surface area is 141 Å². The highest BCUT2D eigenvalue weighted by Gasteiger charge is 2.29. The summed E-state index contributed by atoms with van der Waals surface area (Å²) in [5.41, 5.74) is 2.86. The summed E-state index contributed by atoms with van der Waals surface area (Å²) in [4.78, 5) is 29.3. The van der Waals surface area contributed by atoms with Gasteiger partial charge in [-0.25, -0.2) is 5.10 Å². The van der Waals surface area contributed by atoms with Crippen molar-refractivity contribution in [2.24, 2.45) is 5.92 Å². The Morgan fingerprint density at radius 1 is 1.21 bits per heavy atom. The van der Waals surface area contributed by atoms with E-state index in [1.54, 1.807) is 18.7 Å². The van der Waals surface area contributed by atoms with Crippen molar-refractivity contribution in [3.63, 3.8) is 0 Å². The molecule has 1 aliphatic heterocycles. The maximum atomic E-state index is 13.2. The van der Waals surface area contributed by atoms with Gasteiger partial charge < -0.3 is 9.80 Å². The SMILES string of the molecule is Cc1n[nH]c(=O)c(C(=O)N2CC(C)CN(C)c3ccccc32)c1C. The van der Waals surface area contributed by atoms with Gasteiger partial charge >= 0.3 is 0 Å². The van der Waals surface area contributed by atoms with Crippen LogP contribution < -0.4 is 15.4 Å². The van der Waals surface area contributed by atoms with E-state index in [-0.39, 0.29) is 17.4 Å². The second-order valence-corrected chi connectivity index (χ2v) is 6.53. The summed E-state index contributed by atoms with van der Waals surface area (Å²) < 4.78 is 0. The van der Waals surface area contributed by atoms with E-state index in [1.807, 2.05) is 31.3 Å². The van der Waals surface area contributed by atoms with Crippen molar-refractivity contribution in [2.45, 2.75) is 20.8 Å². The number of benzene rings is 1. The monoisotopic (exact) mass is 326 g/mol. The Morgan fingerprint density at radius 2 is 1.88 bits per heavy atom.